The van der Waals surface area contributed by atoms with Crippen molar-refractivity contribution in [3.63, 3.8) is 0 Å². The minimum atomic E-state index is -0.983. The van der Waals surface area contributed by atoms with Crippen LogP contribution in [0.15, 0.2) is 24.3 Å². The third-order valence-corrected chi connectivity index (χ3v) is 1.88. The highest BCUT2D eigenvalue weighted by Crippen LogP contribution is 2.13. The monoisotopic (exact) mass is 209 g/mol. The number of carboxylic acids is 1. The molecule has 0 aliphatic carbocycles. The van der Waals surface area contributed by atoms with Crippen LogP contribution in [0, 0.1) is 5.82 Å². The van der Waals surface area contributed by atoms with E-state index in [9.17, 15) is 9.18 Å². The Morgan fingerprint density at radius 1 is 1.53 bits per heavy atom. The number of rotatable bonds is 4. The standard InChI is InChI=1S/C11H12FNO2/c12-10-4-3-8(2-1-5-13)9(6-10)7-11(14)15/h1-4,6H,5,7,13H2,(H,14,15). The van der Waals surface area contributed by atoms with Gasteiger partial charge < -0.3 is 10.8 Å². The first-order valence-corrected chi connectivity index (χ1v) is 4.50. The Morgan fingerprint density at radius 3 is 2.87 bits per heavy atom. The summed E-state index contributed by atoms with van der Waals surface area (Å²) in [6.45, 7) is 0.365. The number of halogens is 1. The number of benzene rings is 1. The van der Waals surface area contributed by atoms with E-state index in [1.54, 1.807) is 18.2 Å². The summed E-state index contributed by atoms with van der Waals surface area (Å²) in [5.74, 6) is -1.42. The predicted molar refractivity (Wildman–Crippen MR) is 55.8 cm³/mol. The fraction of sp³-hybridized carbons (Fsp3) is 0.182. The van der Waals surface area contributed by atoms with Gasteiger partial charge in [-0.3, -0.25) is 4.79 Å². The maximum atomic E-state index is 12.9. The lowest BCUT2D eigenvalue weighted by Crippen LogP contribution is -2.02. The highest BCUT2D eigenvalue weighted by Gasteiger charge is 2.06. The van der Waals surface area contributed by atoms with Gasteiger partial charge in [-0.2, -0.15) is 0 Å². The molecule has 1 aromatic rings. The van der Waals surface area contributed by atoms with Crippen LogP contribution in [-0.4, -0.2) is 17.6 Å². The van der Waals surface area contributed by atoms with Crippen molar-refractivity contribution in [1.82, 2.24) is 0 Å². The molecule has 3 N–H and O–H groups in total. The molecule has 0 saturated carbocycles. The molecule has 0 heterocycles. The Balaban J connectivity index is 3.02. The maximum Gasteiger partial charge on any atom is 0.307 e. The zero-order valence-electron chi connectivity index (χ0n) is 8.11. The van der Waals surface area contributed by atoms with Gasteiger partial charge in [-0.15, -0.1) is 0 Å². The largest absolute Gasteiger partial charge is 0.481 e. The van der Waals surface area contributed by atoms with E-state index < -0.39 is 11.8 Å². The summed E-state index contributed by atoms with van der Waals surface area (Å²) in [5.41, 5.74) is 6.42. The molecule has 0 spiro atoms. The zero-order chi connectivity index (χ0) is 11.3. The SMILES string of the molecule is NCC=Cc1ccc(F)cc1CC(=O)O. The third-order valence-electron chi connectivity index (χ3n) is 1.88. The number of carboxylic acid groups (broad SMARTS) is 1. The van der Waals surface area contributed by atoms with Crippen molar-refractivity contribution in [2.45, 2.75) is 6.42 Å². The average molecular weight is 209 g/mol. The molecule has 3 nitrogen and oxygen atoms in total. The number of aliphatic carboxylic acids is 1. The smallest absolute Gasteiger partial charge is 0.307 e. The van der Waals surface area contributed by atoms with Crippen LogP contribution in [-0.2, 0) is 11.2 Å². The molecule has 0 bridgehead atoms. The molecular weight excluding hydrogens is 197 g/mol. The van der Waals surface area contributed by atoms with Crippen LogP contribution in [0.3, 0.4) is 0 Å². The second kappa shape index (κ2) is 5.26. The van der Waals surface area contributed by atoms with Gasteiger partial charge in [0.05, 0.1) is 6.42 Å². The van der Waals surface area contributed by atoms with Crippen molar-refractivity contribution >= 4 is 12.0 Å². The highest BCUT2D eigenvalue weighted by molar-refractivity contribution is 5.72. The van der Waals surface area contributed by atoms with Crippen molar-refractivity contribution in [3.8, 4) is 0 Å². The molecule has 0 aliphatic rings. The molecule has 1 rings (SSSR count). The fourth-order valence-corrected chi connectivity index (χ4v) is 1.25. The van der Waals surface area contributed by atoms with E-state index in [-0.39, 0.29) is 6.42 Å². The zero-order valence-corrected chi connectivity index (χ0v) is 8.11. The van der Waals surface area contributed by atoms with Crippen LogP contribution in [0.2, 0.25) is 0 Å². The molecule has 0 fully saturated rings. The summed E-state index contributed by atoms with van der Waals surface area (Å²) in [5, 5.41) is 8.64. The van der Waals surface area contributed by atoms with E-state index in [2.05, 4.69) is 0 Å². The molecule has 1 aromatic carbocycles. The Kier molecular flexibility index (Phi) is 4.00. The van der Waals surface area contributed by atoms with E-state index in [1.807, 2.05) is 0 Å². The van der Waals surface area contributed by atoms with Gasteiger partial charge in [0, 0.05) is 6.54 Å². The summed E-state index contributed by atoms with van der Waals surface area (Å²) < 4.78 is 12.9. The lowest BCUT2D eigenvalue weighted by molar-refractivity contribution is -0.136. The first-order chi connectivity index (χ1) is 7.13. The molecular formula is C11H12FNO2. The van der Waals surface area contributed by atoms with Gasteiger partial charge in [0.15, 0.2) is 0 Å². The average Bonchev–Trinajstić information content (AvgIpc) is 2.16. The summed E-state index contributed by atoms with van der Waals surface area (Å²) >= 11 is 0. The van der Waals surface area contributed by atoms with Gasteiger partial charge in [-0.25, -0.2) is 4.39 Å². The van der Waals surface area contributed by atoms with Crippen LogP contribution >= 0.6 is 0 Å². The van der Waals surface area contributed by atoms with Crippen LogP contribution < -0.4 is 5.73 Å². The second-order valence-corrected chi connectivity index (χ2v) is 3.05. The minimum absolute atomic E-state index is 0.192. The van der Waals surface area contributed by atoms with E-state index >= 15 is 0 Å². The number of hydrogen-bond donors (Lipinski definition) is 2. The number of hydrogen-bond acceptors (Lipinski definition) is 2. The van der Waals surface area contributed by atoms with E-state index in [0.29, 0.717) is 17.7 Å². The normalized spacial score (nSPS) is 10.8. The summed E-state index contributed by atoms with van der Waals surface area (Å²) in [7, 11) is 0. The van der Waals surface area contributed by atoms with Crippen LogP contribution in [0.5, 0.6) is 0 Å². The molecule has 0 unspecified atom stereocenters. The molecule has 0 saturated heterocycles. The molecule has 4 heteroatoms. The lowest BCUT2D eigenvalue weighted by atomic mass is 10.0. The molecule has 0 radical (unpaired) electrons. The molecule has 15 heavy (non-hydrogen) atoms. The topological polar surface area (TPSA) is 63.3 Å². The number of carbonyl (C=O) groups is 1. The lowest BCUT2D eigenvalue weighted by Gasteiger charge is -2.03. The van der Waals surface area contributed by atoms with E-state index in [0.717, 1.165) is 0 Å². The van der Waals surface area contributed by atoms with Crippen LogP contribution in [0.25, 0.3) is 6.08 Å². The van der Waals surface area contributed by atoms with Crippen molar-refractivity contribution in [3.05, 3.63) is 41.2 Å². The van der Waals surface area contributed by atoms with Gasteiger partial charge in [-0.1, -0.05) is 18.2 Å². The summed E-state index contributed by atoms with van der Waals surface area (Å²) in [6.07, 6.45) is 3.19. The van der Waals surface area contributed by atoms with E-state index in [4.69, 9.17) is 10.8 Å². The Bertz CT molecular complexity index is 388. The fourth-order valence-electron chi connectivity index (χ4n) is 1.25. The van der Waals surface area contributed by atoms with Crippen molar-refractivity contribution in [2.24, 2.45) is 5.73 Å². The third kappa shape index (κ3) is 3.52. The van der Waals surface area contributed by atoms with Crippen molar-refractivity contribution < 1.29 is 14.3 Å². The molecule has 0 aromatic heterocycles. The Hall–Kier alpha value is -1.68. The van der Waals surface area contributed by atoms with E-state index in [1.165, 1.54) is 12.1 Å². The second-order valence-electron chi connectivity index (χ2n) is 3.05. The predicted octanol–water partition coefficient (Wildman–Crippen LogP) is 1.42. The van der Waals surface area contributed by atoms with Crippen LogP contribution in [0.4, 0.5) is 4.39 Å². The Labute approximate surface area is 87.0 Å². The summed E-state index contributed by atoms with van der Waals surface area (Å²) in [4.78, 5) is 10.5. The van der Waals surface area contributed by atoms with Gasteiger partial charge >= 0.3 is 5.97 Å². The first kappa shape index (κ1) is 11.4. The number of nitrogens with two attached hydrogens (primary N) is 1. The molecule has 0 atom stereocenters. The van der Waals surface area contributed by atoms with Gasteiger partial charge in [0.25, 0.3) is 0 Å². The molecule has 0 aliphatic heterocycles. The van der Waals surface area contributed by atoms with Crippen molar-refractivity contribution in [2.75, 3.05) is 6.54 Å². The molecule has 80 valence electrons. The Morgan fingerprint density at radius 2 is 2.27 bits per heavy atom. The van der Waals surface area contributed by atoms with Gasteiger partial charge in [0.2, 0.25) is 0 Å². The quantitative estimate of drug-likeness (QED) is 0.788. The highest BCUT2D eigenvalue weighted by atomic mass is 19.1. The maximum absolute atomic E-state index is 12.9. The van der Waals surface area contributed by atoms with Gasteiger partial charge in [0.1, 0.15) is 5.82 Å². The van der Waals surface area contributed by atoms with Gasteiger partial charge in [-0.05, 0) is 23.3 Å². The van der Waals surface area contributed by atoms with Crippen LogP contribution in [0.1, 0.15) is 11.1 Å². The minimum Gasteiger partial charge on any atom is -0.481 e. The van der Waals surface area contributed by atoms with Crippen molar-refractivity contribution in [1.29, 1.82) is 0 Å². The summed E-state index contributed by atoms with van der Waals surface area (Å²) in [6, 6.07) is 4.06. The first-order valence-electron chi connectivity index (χ1n) is 4.50. The molecule has 0 amide bonds.